The minimum atomic E-state index is -1.81. The van der Waals surface area contributed by atoms with E-state index in [2.05, 4.69) is 83.4 Å². The lowest BCUT2D eigenvalue weighted by molar-refractivity contribution is -0.150. The highest BCUT2D eigenvalue weighted by molar-refractivity contribution is 7.98. The molecule has 14 atom stereocenters. The monoisotopic (exact) mass is 1670 g/mol. The number of aliphatic hydroxyl groups is 1. The number of hydrogen-bond donors (Lipinski definition) is 20. The topological polar surface area (TPSA) is 660 Å². The lowest BCUT2D eigenvalue weighted by Crippen LogP contribution is -2.61. The number of hydrogen-bond acceptors (Lipinski definition) is 21. The molecule has 42 nitrogen and oxygen atoms in total. The molecular formula is C75H119N25O17S. The number of thioether (sulfide) groups is 1. The van der Waals surface area contributed by atoms with Gasteiger partial charge in [0, 0.05) is 70.4 Å². The highest BCUT2D eigenvalue weighted by atomic mass is 32.2. The van der Waals surface area contributed by atoms with Crippen LogP contribution in [0, 0.1) is 11.8 Å². The van der Waals surface area contributed by atoms with Crippen molar-refractivity contribution in [3.05, 3.63) is 54.1 Å². The van der Waals surface area contributed by atoms with E-state index in [0.29, 0.717) is 36.3 Å². The predicted molar refractivity (Wildman–Crippen MR) is 435 cm³/mol. The molecule has 1 unspecified atom stereocenters. The number of aliphatic imine (C=N–C) groups is 3. The van der Waals surface area contributed by atoms with E-state index in [9.17, 15) is 82.1 Å². The van der Waals surface area contributed by atoms with Gasteiger partial charge < -0.3 is 123 Å². The number of aromatic amines is 1. The summed E-state index contributed by atoms with van der Waals surface area (Å²) >= 11 is 1.36. The Morgan fingerprint density at radius 1 is 0.517 bits per heavy atom. The molecule has 652 valence electrons. The van der Waals surface area contributed by atoms with Gasteiger partial charge in [-0.05, 0) is 133 Å². The van der Waals surface area contributed by atoms with Crippen LogP contribution in [0.15, 0.2) is 57.8 Å². The SMILES string of the molecule is CSCC[C@H](NC(=O)[C@H](C)NC(=O)[C@H](CCCN=C(N)N)NC(=O)[C@H](CCCN=C(N)N)NC(=O)C1CCC(=O)N1)C(=O)N1CCC[C@H]1C(=O)N[C@@H](CC(C)C)C(=O)N[C@@H](Cc1cnc[nH]1)C(=O)N[C@@H](CO)C(=O)N[C@@H](CCCN=C(N)N)C(=O)N[C@H](C(=O)N1CCC[C@H]1C(=O)N[C@@H](Cc1ccccc1)C(=O)N1CCC[C@H]1C(=O)O)C(C)C. The molecule has 0 aliphatic carbocycles. The van der Waals surface area contributed by atoms with Gasteiger partial charge in [-0.25, -0.2) is 9.78 Å². The average molecular weight is 1680 g/mol. The summed E-state index contributed by atoms with van der Waals surface area (Å²) in [5.74, 6) is -13.1. The molecule has 0 bridgehead atoms. The van der Waals surface area contributed by atoms with Crippen molar-refractivity contribution in [1.29, 1.82) is 0 Å². The first-order chi connectivity index (χ1) is 56.1. The van der Waals surface area contributed by atoms with Gasteiger partial charge in [-0.1, -0.05) is 58.0 Å². The number of H-pyrrole nitrogens is 1. The van der Waals surface area contributed by atoms with E-state index in [1.807, 2.05) is 0 Å². The molecule has 4 aliphatic rings. The first-order valence-corrected chi connectivity index (χ1v) is 41.2. The van der Waals surface area contributed by atoms with Crippen LogP contribution in [0.25, 0.3) is 0 Å². The molecule has 2 aromatic rings. The Labute approximate surface area is 688 Å². The molecule has 1 aromatic heterocycles. The summed E-state index contributed by atoms with van der Waals surface area (Å²) < 4.78 is 0. The molecule has 0 saturated carbocycles. The summed E-state index contributed by atoms with van der Waals surface area (Å²) in [6, 6.07) is -9.42. The van der Waals surface area contributed by atoms with Crippen LogP contribution in [-0.2, 0) is 84.8 Å². The van der Waals surface area contributed by atoms with Gasteiger partial charge in [0.05, 0.1) is 12.9 Å². The second kappa shape index (κ2) is 47.7. The number of nitrogens with two attached hydrogens (primary N) is 6. The number of carboxylic acids is 1. The number of carbonyl (C=O) groups is 15. The molecule has 4 saturated heterocycles. The molecule has 4 aliphatic heterocycles. The number of aromatic nitrogens is 2. The molecule has 118 heavy (non-hydrogen) atoms. The summed E-state index contributed by atoms with van der Waals surface area (Å²) in [5, 5.41) is 50.0. The van der Waals surface area contributed by atoms with Crippen LogP contribution in [-0.4, -0.2) is 284 Å². The fraction of sp³-hybridized carbons (Fsp3) is 0.640. The van der Waals surface area contributed by atoms with Crippen molar-refractivity contribution in [3.8, 4) is 0 Å². The maximum Gasteiger partial charge on any atom is 0.326 e. The number of carboxylic acid groups (broad SMARTS) is 1. The number of rotatable bonds is 47. The fourth-order valence-corrected chi connectivity index (χ4v) is 14.7. The van der Waals surface area contributed by atoms with Crippen molar-refractivity contribution in [2.75, 3.05) is 57.9 Å². The van der Waals surface area contributed by atoms with Gasteiger partial charge in [-0.2, -0.15) is 11.8 Å². The Bertz CT molecular complexity index is 3880. The highest BCUT2D eigenvalue weighted by Gasteiger charge is 2.45. The fourth-order valence-electron chi connectivity index (χ4n) is 14.2. The summed E-state index contributed by atoms with van der Waals surface area (Å²) in [6.45, 7) is 7.54. The number of carbonyl (C=O) groups excluding carboxylic acids is 14. The number of nitrogens with one attached hydrogen (secondary N) is 12. The molecule has 14 amide bonds. The summed E-state index contributed by atoms with van der Waals surface area (Å²) in [4.78, 5) is 233. The van der Waals surface area contributed by atoms with Gasteiger partial charge in [-0.15, -0.1) is 0 Å². The van der Waals surface area contributed by atoms with Crippen LogP contribution < -0.4 is 92.9 Å². The summed E-state index contributed by atoms with van der Waals surface area (Å²) in [5.41, 5.74) is 34.3. The molecule has 6 rings (SSSR count). The molecule has 0 radical (unpaired) electrons. The van der Waals surface area contributed by atoms with Crippen LogP contribution in [0.2, 0.25) is 0 Å². The first kappa shape index (κ1) is 95.4. The van der Waals surface area contributed by atoms with Crippen molar-refractivity contribution in [3.63, 3.8) is 0 Å². The zero-order chi connectivity index (χ0) is 86.9. The predicted octanol–water partition coefficient (Wildman–Crippen LogP) is -5.99. The minimum absolute atomic E-state index is 0.000681. The third-order valence-corrected chi connectivity index (χ3v) is 21.1. The van der Waals surface area contributed by atoms with E-state index in [1.54, 1.807) is 64.3 Å². The maximum atomic E-state index is 14.8. The van der Waals surface area contributed by atoms with Crippen LogP contribution in [0.4, 0.5) is 0 Å². The minimum Gasteiger partial charge on any atom is -0.480 e. The van der Waals surface area contributed by atoms with Gasteiger partial charge in [0.25, 0.3) is 0 Å². The average Bonchev–Trinajstić information content (AvgIpc) is 1.62. The number of imidazole rings is 1. The zero-order valence-corrected chi connectivity index (χ0v) is 68.5. The van der Waals surface area contributed by atoms with Crippen LogP contribution in [0.3, 0.4) is 0 Å². The molecule has 26 N–H and O–H groups in total. The van der Waals surface area contributed by atoms with Crippen molar-refractivity contribution in [1.82, 2.24) is 83.2 Å². The molecular weight excluding hydrogens is 1560 g/mol. The van der Waals surface area contributed by atoms with Crippen molar-refractivity contribution in [2.24, 2.45) is 61.2 Å². The van der Waals surface area contributed by atoms with Crippen LogP contribution in [0.5, 0.6) is 0 Å². The molecule has 1 aromatic carbocycles. The third-order valence-electron chi connectivity index (χ3n) is 20.4. The van der Waals surface area contributed by atoms with E-state index in [-0.39, 0.29) is 165 Å². The zero-order valence-electron chi connectivity index (χ0n) is 67.7. The Morgan fingerprint density at radius 3 is 1.46 bits per heavy atom. The van der Waals surface area contributed by atoms with E-state index in [0.717, 1.165) is 0 Å². The number of aliphatic hydroxyl groups excluding tert-OH is 1. The molecule has 0 spiro atoms. The highest BCUT2D eigenvalue weighted by Crippen LogP contribution is 2.26. The first-order valence-electron chi connectivity index (χ1n) is 39.9. The maximum absolute atomic E-state index is 14.8. The van der Waals surface area contributed by atoms with Gasteiger partial charge in [0.15, 0.2) is 17.9 Å². The number of benzene rings is 1. The van der Waals surface area contributed by atoms with Gasteiger partial charge in [-0.3, -0.25) is 82.1 Å². The van der Waals surface area contributed by atoms with Crippen molar-refractivity contribution in [2.45, 2.75) is 235 Å². The Balaban J connectivity index is 1.14. The second-order valence-corrected chi connectivity index (χ2v) is 31.4. The lowest BCUT2D eigenvalue weighted by Gasteiger charge is -2.33. The van der Waals surface area contributed by atoms with Crippen LogP contribution in [0.1, 0.15) is 149 Å². The number of amides is 14. The Kier molecular flexibility index (Phi) is 38.6. The van der Waals surface area contributed by atoms with E-state index >= 15 is 0 Å². The molecule has 4 fully saturated rings. The normalized spacial score (nSPS) is 18.9. The Morgan fingerprint density at radius 2 is 0.966 bits per heavy atom. The van der Waals surface area contributed by atoms with E-state index in [4.69, 9.17) is 34.4 Å². The van der Waals surface area contributed by atoms with Crippen molar-refractivity contribution >= 4 is 118 Å². The Hall–Kier alpha value is -11.4. The smallest absolute Gasteiger partial charge is 0.326 e. The van der Waals surface area contributed by atoms with Gasteiger partial charge in [0.1, 0.15) is 84.6 Å². The largest absolute Gasteiger partial charge is 0.480 e. The van der Waals surface area contributed by atoms with E-state index in [1.165, 1.54) is 45.9 Å². The van der Waals surface area contributed by atoms with Crippen LogP contribution >= 0.6 is 11.8 Å². The van der Waals surface area contributed by atoms with Gasteiger partial charge in [0.2, 0.25) is 82.7 Å². The standard InChI is InChI=1S/C75H119N25O17S/c1-40(2)34-50(94-67(111)54-21-13-30-98(54)69(113)49(26-33-118-6)92-59(103)42(5)87-60(104)45(18-10-27-83-73(76)77)89-61(105)46(19-11-28-84-74(78)79)90-62(106)48-24-25-57(102)88-48)64(108)93-51(36-44-37-82-39-86-44)65(109)96-53(38-101)66(110)91-47(20-12-29-85-75(80)81)63(107)97-58(41(3)4)71(115)99-31-14-22-55(99)68(112)95-52(35-43-16-8-7-9-17-43)70(114)100-32-15-23-56(100)72(116)117/h7-9,16-17,37,39-42,45-56,58,101H,10-15,18-36,38H2,1-6H3,(H,82,86)(H,87,104)(H,88,102)(H,89,105)(H,90,106)(H,91,110)(H,92,103)(H,93,108)(H,94,111)(H,95,112)(H,96,109)(H,97,107)(H,116,117)(H4,76,77,83)(H4,78,79,84)(H4,80,81,85)/t42-,45-,46-,47-,48?,49-,50-,51-,52-,53-,54-,55-,56-,58-/m0/s1. The van der Waals surface area contributed by atoms with E-state index < -0.39 is 180 Å². The summed E-state index contributed by atoms with van der Waals surface area (Å²) in [7, 11) is 0. The number of guanidine groups is 3. The quantitative estimate of drug-likeness (QED) is 0.0167. The number of nitrogens with zero attached hydrogens (tertiary/aromatic N) is 7. The second-order valence-electron chi connectivity index (χ2n) is 30.4. The van der Waals surface area contributed by atoms with Crippen molar-refractivity contribution < 1.29 is 82.1 Å². The number of aliphatic carboxylic acids is 1. The third kappa shape index (κ3) is 30.0. The molecule has 5 heterocycles. The lowest BCUT2D eigenvalue weighted by atomic mass is 10.0. The van der Waals surface area contributed by atoms with Gasteiger partial charge >= 0.3 is 5.97 Å². The summed E-state index contributed by atoms with van der Waals surface area (Å²) in [6.07, 6.45) is 6.40. The molecule has 43 heteroatoms. The number of likely N-dealkylation sites (tertiary alicyclic amines) is 3.